The zero-order valence-corrected chi connectivity index (χ0v) is 7.97. The number of hydrogen-bond donors (Lipinski definition) is 1. The third-order valence-corrected chi connectivity index (χ3v) is 2.16. The Hall–Kier alpha value is -0.0400. The molecular weight excluding hydrogens is 136 g/mol. The van der Waals surface area contributed by atoms with Crippen molar-refractivity contribution in [2.24, 2.45) is 5.92 Å². The first kappa shape index (κ1) is 11.0. The fourth-order valence-electron chi connectivity index (χ4n) is 1.33. The van der Waals surface area contributed by atoms with E-state index in [9.17, 15) is 0 Å². The van der Waals surface area contributed by atoms with Gasteiger partial charge in [0.1, 0.15) is 0 Å². The van der Waals surface area contributed by atoms with Gasteiger partial charge >= 0.3 is 0 Å². The molecule has 0 aliphatic carbocycles. The van der Waals surface area contributed by atoms with E-state index in [-0.39, 0.29) is 0 Å². The molecule has 0 amide bonds. The summed E-state index contributed by atoms with van der Waals surface area (Å²) >= 11 is 0. The molecule has 1 nitrogen and oxygen atoms in total. The van der Waals surface area contributed by atoms with Crippen molar-refractivity contribution in [1.29, 1.82) is 0 Å². The normalized spacial score (nSPS) is 13.4. The Balaban J connectivity index is 3.02. The molecule has 0 unspecified atom stereocenters. The summed E-state index contributed by atoms with van der Waals surface area (Å²) in [4.78, 5) is 0. The van der Waals surface area contributed by atoms with Crippen LogP contribution in [0.3, 0.4) is 0 Å². The van der Waals surface area contributed by atoms with Crippen LogP contribution < -0.4 is 0 Å². The summed E-state index contributed by atoms with van der Waals surface area (Å²) in [6, 6.07) is 0. The summed E-state index contributed by atoms with van der Waals surface area (Å²) in [6.45, 7) is 4.88. The molecule has 0 radical (unpaired) electrons. The summed E-state index contributed by atoms with van der Waals surface area (Å²) < 4.78 is 0. The molecule has 0 saturated carbocycles. The molecule has 0 fully saturated rings. The quantitative estimate of drug-likeness (QED) is 0.565. The van der Waals surface area contributed by atoms with Crippen LogP contribution in [0.4, 0.5) is 0 Å². The Morgan fingerprint density at radius 1 is 1.09 bits per heavy atom. The van der Waals surface area contributed by atoms with Gasteiger partial charge in [0, 0.05) is 6.61 Å². The molecule has 11 heavy (non-hydrogen) atoms. The standard InChI is InChI=1S/C10H22O/c1-3-4-5-7-10(2)8-6-9-11/h10-11H,3-9H2,1-2H3/t10-/m1/s1. The van der Waals surface area contributed by atoms with Gasteiger partial charge in [0.15, 0.2) is 0 Å². The van der Waals surface area contributed by atoms with E-state index in [0.717, 1.165) is 12.3 Å². The number of aliphatic hydroxyl groups excluding tert-OH is 1. The van der Waals surface area contributed by atoms with Gasteiger partial charge in [-0.25, -0.2) is 0 Å². The maximum absolute atomic E-state index is 8.59. The molecular formula is C10H22O. The third kappa shape index (κ3) is 7.86. The highest BCUT2D eigenvalue weighted by atomic mass is 16.2. The van der Waals surface area contributed by atoms with Crippen molar-refractivity contribution in [3.63, 3.8) is 0 Å². The van der Waals surface area contributed by atoms with Crippen LogP contribution in [0.15, 0.2) is 0 Å². The number of rotatable bonds is 7. The molecule has 0 bridgehead atoms. The van der Waals surface area contributed by atoms with Crippen molar-refractivity contribution in [3.8, 4) is 0 Å². The van der Waals surface area contributed by atoms with Crippen molar-refractivity contribution in [2.75, 3.05) is 6.61 Å². The molecule has 1 N–H and O–H groups in total. The molecule has 0 saturated heterocycles. The highest BCUT2D eigenvalue weighted by Gasteiger charge is 1.99. The molecule has 0 spiro atoms. The Labute approximate surface area is 70.8 Å². The maximum atomic E-state index is 8.59. The van der Waals surface area contributed by atoms with Crippen LogP contribution in [0.5, 0.6) is 0 Å². The van der Waals surface area contributed by atoms with Gasteiger partial charge < -0.3 is 5.11 Å². The van der Waals surface area contributed by atoms with Gasteiger partial charge in [0.2, 0.25) is 0 Å². The third-order valence-electron chi connectivity index (χ3n) is 2.16. The molecule has 0 aliphatic rings. The van der Waals surface area contributed by atoms with Gasteiger partial charge in [0.05, 0.1) is 0 Å². The van der Waals surface area contributed by atoms with E-state index in [1.165, 1.54) is 32.1 Å². The van der Waals surface area contributed by atoms with Gasteiger partial charge in [0.25, 0.3) is 0 Å². The Kier molecular flexibility index (Phi) is 8.03. The van der Waals surface area contributed by atoms with Crippen LogP contribution in [0.1, 0.15) is 52.4 Å². The molecule has 0 aliphatic heterocycles. The fourth-order valence-corrected chi connectivity index (χ4v) is 1.33. The first-order valence-electron chi connectivity index (χ1n) is 4.92. The van der Waals surface area contributed by atoms with Crippen molar-refractivity contribution in [3.05, 3.63) is 0 Å². The van der Waals surface area contributed by atoms with E-state index in [4.69, 9.17) is 5.11 Å². The van der Waals surface area contributed by atoms with E-state index >= 15 is 0 Å². The predicted octanol–water partition coefficient (Wildman–Crippen LogP) is 2.98. The summed E-state index contributed by atoms with van der Waals surface area (Å²) in [6.07, 6.45) is 7.56. The monoisotopic (exact) mass is 158 g/mol. The zero-order valence-electron chi connectivity index (χ0n) is 7.97. The van der Waals surface area contributed by atoms with Gasteiger partial charge in [-0.05, 0) is 18.8 Å². The predicted molar refractivity (Wildman–Crippen MR) is 49.6 cm³/mol. The SMILES string of the molecule is CCCCC[C@@H](C)CCCO. The lowest BCUT2D eigenvalue weighted by molar-refractivity contribution is 0.270. The molecule has 68 valence electrons. The average molecular weight is 158 g/mol. The average Bonchev–Trinajstić information content (AvgIpc) is 2.01. The number of unbranched alkanes of at least 4 members (excludes halogenated alkanes) is 2. The van der Waals surface area contributed by atoms with Crippen molar-refractivity contribution < 1.29 is 5.11 Å². The minimum absolute atomic E-state index is 0.359. The molecule has 0 aromatic carbocycles. The van der Waals surface area contributed by atoms with Crippen LogP contribution in [0.25, 0.3) is 0 Å². The summed E-state index contributed by atoms with van der Waals surface area (Å²) in [7, 11) is 0. The Morgan fingerprint density at radius 2 is 1.73 bits per heavy atom. The minimum Gasteiger partial charge on any atom is -0.396 e. The molecule has 1 heteroatoms. The smallest absolute Gasteiger partial charge is 0.0431 e. The van der Waals surface area contributed by atoms with Crippen LogP contribution in [-0.4, -0.2) is 11.7 Å². The van der Waals surface area contributed by atoms with Crippen LogP contribution in [0, 0.1) is 5.92 Å². The second-order valence-electron chi connectivity index (χ2n) is 3.47. The Morgan fingerprint density at radius 3 is 2.27 bits per heavy atom. The molecule has 0 heterocycles. The highest BCUT2D eigenvalue weighted by molar-refractivity contribution is 4.53. The minimum atomic E-state index is 0.359. The molecule has 0 aromatic rings. The van der Waals surface area contributed by atoms with E-state index in [2.05, 4.69) is 13.8 Å². The van der Waals surface area contributed by atoms with E-state index < -0.39 is 0 Å². The van der Waals surface area contributed by atoms with E-state index in [1.54, 1.807) is 0 Å². The largest absolute Gasteiger partial charge is 0.396 e. The highest BCUT2D eigenvalue weighted by Crippen LogP contribution is 2.13. The summed E-state index contributed by atoms with van der Waals surface area (Å²) in [5.41, 5.74) is 0. The number of hydrogen-bond acceptors (Lipinski definition) is 1. The summed E-state index contributed by atoms with van der Waals surface area (Å²) in [5.74, 6) is 0.814. The first-order chi connectivity index (χ1) is 5.31. The zero-order chi connectivity index (χ0) is 8.53. The topological polar surface area (TPSA) is 20.2 Å². The van der Waals surface area contributed by atoms with E-state index in [1.807, 2.05) is 0 Å². The second-order valence-corrected chi connectivity index (χ2v) is 3.47. The van der Waals surface area contributed by atoms with Crippen molar-refractivity contribution in [1.82, 2.24) is 0 Å². The number of aliphatic hydroxyl groups is 1. The molecule has 1 atom stereocenters. The van der Waals surface area contributed by atoms with Crippen molar-refractivity contribution >= 4 is 0 Å². The lowest BCUT2D eigenvalue weighted by Gasteiger charge is -2.08. The van der Waals surface area contributed by atoms with Crippen LogP contribution >= 0.6 is 0 Å². The van der Waals surface area contributed by atoms with Crippen LogP contribution in [0.2, 0.25) is 0 Å². The summed E-state index contributed by atoms with van der Waals surface area (Å²) in [5, 5.41) is 8.59. The first-order valence-corrected chi connectivity index (χ1v) is 4.92. The second kappa shape index (κ2) is 8.06. The van der Waals surface area contributed by atoms with Crippen LogP contribution in [-0.2, 0) is 0 Å². The van der Waals surface area contributed by atoms with Gasteiger partial charge in [-0.1, -0.05) is 39.5 Å². The fraction of sp³-hybridized carbons (Fsp3) is 1.00. The van der Waals surface area contributed by atoms with Gasteiger partial charge in [-0.15, -0.1) is 0 Å². The Bertz CT molecular complexity index is 71.3. The lowest BCUT2D eigenvalue weighted by Crippen LogP contribution is -1.96. The maximum Gasteiger partial charge on any atom is 0.0431 e. The van der Waals surface area contributed by atoms with Gasteiger partial charge in [-0.2, -0.15) is 0 Å². The van der Waals surface area contributed by atoms with Crippen molar-refractivity contribution in [2.45, 2.75) is 52.4 Å². The lowest BCUT2D eigenvalue weighted by atomic mass is 9.99. The molecule has 0 aromatic heterocycles. The molecule has 0 rings (SSSR count). The van der Waals surface area contributed by atoms with Gasteiger partial charge in [-0.3, -0.25) is 0 Å². The van der Waals surface area contributed by atoms with E-state index in [0.29, 0.717) is 6.61 Å².